The van der Waals surface area contributed by atoms with Crippen molar-refractivity contribution >= 4 is 0 Å². The Bertz CT molecular complexity index is 1090. The van der Waals surface area contributed by atoms with E-state index in [1.807, 2.05) is 34.9 Å². The summed E-state index contributed by atoms with van der Waals surface area (Å²) in [6.45, 7) is 4.91. The van der Waals surface area contributed by atoms with Gasteiger partial charge in [0.2, 0.25) is 5.88 Å². The number of methoxy groups -OCH3 is 1. The first-order valence-corrected chi connectivity index (χ1v) is 9.27. The van der Waals surface area contributed by atoms with E-state index in [-0.39, 0.29) is 11.7 Å². The van der Waals surface area contributed by atoms with Gasteiger partial charge < -0.3 is 19.1 Å². The zero-order chi connectivity index (χ0) is 19.8. The van der Waals surface area contributed by atoms with E-state index in [0.29, 0.717) is 35.1 Å². The molecule has 1 aliphatic heterocycles. The second-order valence-corrected chi connectivity index (χ2v) is 7.36. The summed E-state index contributed by atoms with van der Waals surface area (Å²) >= 11 is 0. The molecule has 144 valence electrons. The lowest BCUT2D eigenvalue weighted by Gasteiger charge is -2.29. The van der Waals surface area contributed by atoms with Crippen LogP contribution in [0.2, 0.25) is 0 Å². The fraction of sp³-hybridized carbons (Fsp3) is 0.273. The van der Waals surface area contributed by atoms with E-state index in [4.69, 9.17) is 14.9 Å². The van der Waals surface area contributed by atoms with E-state index in [1.54, 1.807) is 25.6 Å². The molecule has 28 heavy (non-hydrogen) atoms. The largest absolute Gasteiger partial charge is 0.508 e. The summed E-state index contributed by atoms with van der Waals surface area (Å²) in [4.78, 5) is 4.49. The van der Waals surface area contributed by atoms with Crippen LogP contribution in [-0.2, 0) is 6.54 Å². The predicted molar refractivity (Wildman–Crippen MR) is 105 cm³/mol. The third kappa shape index (κ3) is 3.01. The summed E-state index contributed by atoms with van der Waals surface area (Å²) in [5, 5.41) is 18.8. The lowest BCUT2D eigenvalue weighted by molar-refractivity contribution is 0.395. The number of hydrogen-bond donors (Lipinski definition) is 2. The molecule has 0 bridgehead atoms. The molecule has 2 N–H and O–H groups in total. The van der Waals surface area contributed by atoms with E-state index in [9.17, 15) is 5.11 Å². The van der Waals surface area contributed by atoms with Gasteiger partial charge in [-0.05, 0) is 18.1 Å². The van der Waals surface area contributed by atoms with Crippen LogP contribution in [-0.4, -0.2) is 21.8 Å². The van der Waals surface area contributed by atoms with Gasteiger partial charge in [-0.15, -0.1) is 0 Å². The molecule has 6 heteroatoms. The van der Waals surface area contributed by atoms with E-state index < -0.39 is 0 Å². The molecule has 4 rings (SSSR count). The van der Waals surface area contributed by atoms with Crippen molar-refractivity contribution in [2.45, 2.75) is 26.3 Å². The van der Waals surface area contributed by atoms with Gasteiger partial charge in [-0.25, -0.2) is 4.98 Å². The number of phenolic OH excluding ortho intramolecular Hbond substituents is 1. The molecule has 2 heterocycles. The number of aromatic nitrogens is 2. The number of aromatic hydroxyl groups is 1. The zero-order valence-corrected chi connectivity index (χ0v) is 16.1. The molecule has 2 aromatic carbocycles. The summed E-state index contributed by atoms with van der Waals surface area (Å²) in [7, 11) is 1.64. The molecule has 6 nitrogen and oxygen atoms in total. The minimum Gasteiger partial charge on any atom is -0.508 e. The molecule has 1 atom stereocenters. The highest BCUT2D eigenvalue weighted by Crippen LogP contribution is 2.47. The van der Waals surface area contributed by atoms with E-state index in [2.05, 4.69) is 18.8 Å². The van der Waals surface area contributed by atoms with Crippen molar-refractivity contribution in [1.29, 1.82) is 5.41 Å². The smallest absolute Gasteiger partial charge is 0.228 e. The number of rotatable bonds is 4. The lowest BCUT2D eigenvalue weighted by atomic mass is 9.83. The van der Waals surface area contributed by atoms with Gasteiger partial charge in [0.1, 0.15) is 29.1 Å². The van der Waals surface area contributed by atoms with Crippen LogP contribution in [0.1, 0.15) is 36.5 Å². The summed E-state index contributed by atoms with van der Waals surface area (Å²) in [6.07, 6.45) is 1.65. The molecule has 0 aliphatic carbocycles. The van der Waals surface area contributed by atoms with Gasteiger partial charge in [-0.3, -0.25) is 5.41 Å². The second kappa shape index (κ2) is 7.03. The number of hydrogen-bond acceptors (Lipinski definition) is 5. The van der Waals surface area contributed by atoms with Crippen LogP contribution in [0.5, 0.6) is 23.1 Å². The third-order valence-electron chi connectivity index (χ3n) is 4.90. The Morgan fingerprint density at radius 2 is 2.00 bits per heavy atom. The van der Waals surface area contributed by atoms with Crippen molar-refractivity contribution in [3.05, 3.63) is 71.0 Å². The monoisotopic (exact) mass is 377 g/mol. The number of benzene rings is 2. The Morgan fingerprint density at radius 1 is 1.21 bits per heavy atom. The minimum atomic E-state index is -0.282. The van der Waals surface area contributed by atoms with Crippen molar-refractivity contribution < 1.29 is 14.6 Å². The molecule has 1 aliphatic rings. The number of phenols is 1. The second-order valence-electron chi connectivity index (χ2n) is 7.36. The molecule has 0 amide bonds. The van der Waals surface area contributed by atoms with Crippen LogP contribution in [0.15, 0.2) is 48.8 Å². The van der Waals surface area contributed by atoms with Crippen LogP contribution in [0.3, 0.4) is 0 Å². The SMILES string of the molecule is COc1ccccc1[C@H]1c2ccc(O)cc2Oc2ncn(CC(C)C)c(=N)c21. The molecule has 0 saturated heterocycles. The van der Waals surface area contributed by atoms with E-state index in [0.717, 1.165) is 16.9 Å². The van der Waals surface area contributed by atoms with Gasteiger partial charge >= 0.3 is 0 Å². The molecule has 0 fully saturated rings. The maximum atomic E-state index is 9.93. The number of nitrogens with one attached hydrogen (secondary N) is 1. The van der Waals surface area contributed by atoms with Crippen LogP contribution in [0.4, 0.5) is 0 Å². The summed E-state index contributed by atoms with van der Waals surface area (Å²) < 4.78 is 13.4. The first-order chi connectivity index (χ1) is 13.5. The van der Waals surface area contributed by atoms with Gasteiger partial charge in [-0.1, -0.05) is 38.1 Å². The first-order valence-electron chi connectivity index (χ1n) is 9.27. The summed E-state index contributed by atoms with van der Waals surface area (Å²) in [5.74, 6) is 1.88. The Hall–Kier alpha value is -3.28. The van der Waals surface area contributed by atoms with Gasteiger partial charge in [0.15, 0.2) is 0 Å². The molecule has 3 aromatic rings. The first kappa shape index (κ1) is 18.1. The Morgan fingerprint density at radius 3 is 2.75 bits per heavy atom. The third-order valence-corrected chi connectivity index (χ3v) is 4.90. The maximum absolute atomic E-state index is 9.93. The molecule has 0 saturated carbocycles. The fourth-order valence-corrected chi connectivity index (χ4v) is 3.72. The molecular weight excluding hydrogens is 354 g/mol. The fourth-order valence-electron chi connectivity index (χ4n) is 3.72. The van der Waals surface area contributed by atoms with E-state index in [1.165, 1.54) is 0 Å². The van der Waals surface area contributed by atoms with Crippen molar-refractivity contribution in [1.82, 2.24) is 9.55 Å². The molecule has 0 unspecified atom stereocenters. The Kier molecular flexibility index (Phi) is 4.55. The molecule has 1 aromatic heterocycles. The highest BCUT2D eigenvalue weighted by Gasteiger charge is 2.33. The predicted octanol–water partition coefficient (Wildman–Crippen LogP) is 4.02. The van der Waals surface area contributed by atoms with E-state index >= 15 is 0 Å². The van der Waals surface area contributed by atoms with Gasteiger partial charge in [0.05, 0.1) is 18.6 Å². The Balaban J connectivity index is 2.00. The standard InChI is InChI=1S/C22H23N3O3/c1-13(2)11-25-12-24-22-20(21(25)23)19(15-6-4-5-7-17(15)27-3)16-9-8-14(26)10-18(16)28-22/h4-10,12-13,19,23,26H,11H2,1-3H3/t19-/m0/s1. The van der Waals surface area contributed by atoms with Gasteiger partial charge in [-0.2, -0.15) is 0 Å². The topological polar surface area (TPSA) is 80.4 Å². The Labute approximate surface area is 163 Å². The summed E-state index contributed by atoms with van der Waals surface area (Å²) in [5.41, 5.74) is 2.87. The van der Waals surface area contributed by atoms with Crippen molar-refractivity contribution in [3.8, 4) is 23.1 Å². The van der Waals surface area contributed by atoms with Gasteiger partial charge in [0.25, 0.3) is 0 Å². The van der Waals surface area contributed by atoms with Crippen LogP contribution < -0.4 is 15.0 Å². The van der Waals surface area contributed by atoms with Gasteiger partial charge in [0, 0.05) is 23.7 Å². The highest BCUT2D eigenvalue weighted by molar-refractivity contribution is 5.59. The van der Waals surface area contributed by atoms with Crippen LogP contribution in [0, 0.1) is 11.3 Å². The maximum Gasteiger partial charge on any atom is 0.228 e. The number of nitrogens with zero attached hydrogens (tertiary/aromatic N) is 2. The lowest BCUT2D eigenvalue weighted by Crippen LogP contribution is -2.31. The highest BCUT2D eigenvalue weighted by atomic mass is 16.5. The van der Waals surface area contributed by atoms with Crippen molar-refractivity contribution in [2.24, 2.45) is 5.92 Å². The van der Waals surface area contributed by atoms with Crippen LogP contribution >= 0.6 is 0 Å². The van der Waals surface area contributed by atoms with Crippen molar-refractivity contribution in [3.63, 3.8) is 0 Å². The number of para-hydroxylation sites is 1. The average Bonchev–Trinajstić information content (AvgIpc) is 2.68. The van der Waals surface area contributed by atoms with Crippen molar-refractivity contribution in [2.75, 3.05) is 7.11 Å². The average molecular weight is 377 g/mol. The summed E-state index contributed by atoms with van der Waals surface area (Å²) in [6, 6.07) is 12.8. The molecule has 0 radical (unpaired) electrons. The number of ether oxygens (including phenoxy) is 2. The number of fused-ring (bicyclic) bond motifs is 2. The normalized spacial score (nSPS) is 14.9. The zero-order valence-electron chi connectivity index (χ0n) is 16.1. The molecule has 0 spiro atoms. The minimum absolute atomic E-state index is 0.123. The molecular formula is C22H23N3O3. The van der Waals surface area contributed by atoms with Crippen LogP contribution in [0.25, 0.3) is 0 Å². The quantitative estimate of drug-likeness (QED) is 0.563.